The zero-order valence-corrected chi connectivity index (χ0v) is 10.4. The summed E-state index contributed by atoms with van der Waals surface area (Å²) in [6, 6.07) is 7.20. The van der Waals surface area contributed by atoms with Crippen molar-refractivity contribution < 1.29 is 9.59 Å². The van der Waals surface area contributed by atoms with E-state index in [9.17, 15) is 9.59 Å². The van der Waals surface area contributed by atoms with Crippen molar-refractivity contribution in [1.82, 2.24) is 0 Å². The fourth-order valence-electron chi connectivity index (χ4n) is 1.46. The molecule has 1 unspecified atom stereocenters. The largest absolute Gasteiger partial charge is 0.294 e. The Hall–Kier alpha value is -1.09. The Bertz CT molecular complexity index is 357. The highest BCUT2D eigenvalue weighted by molar-refractivity contribution is 7.99. The van der Waals surface area contributed by atoms with Gasteiger partial charge in [-0.2, -0.15) is 0 Å². The second kappa shape index (κ2) is 6.48. The van der Waals surface area contributed by atoms with E-state index < -0.39 is 5.78 Å². The fraction of sp³-hybridized carbons (Fsp3) is 0.385. The minimum Gasteiger partial charge on any atom is -0.294 e. The second-order valence-electron chi connectivity index (χ2n) is 3.72. The average molecular weight is 236 g/mol. The Morgan fingerprint density at radius 2 is 2.00 bits per heavy atom. The van der Waals surface area contributed by atoms with Gasteiger partial charge in [0, 0.05) is 15.7 Å². The van der Waals surface area contributed by atoms with Gasteiger partial charge in [-0.1, -0.05) is 20.3 Å². The number of benzene rings is 1. The molecule has 0 aromatic heterocycles. The maximum Gasteiger partial charge on any atom is 0.225 e. The van der Waals surface area contributed by atoms with Gasteiger partial charge in [0.05, 0.1) is 0 Å². The van der Waals surface area contributed by atoms with E-state index in [1.807, 2.05) is 12.1 Å². The van der Waals surface area contributed by atoms with Crippen LogP contribution >= 0.6 is 11.8 Å². The average Bonchev–Trinajstić information content (AvgIpc) is 2.29. The summed E-state index contributed by atoms with van der Waals surface area (Å²) in [5.74, 6) is -0.460. The highest BCUT2D eigenvalue weighted by atomic mass is 32.2. The van der Waals surface area contributed by atoms with Crippen molar-refractivity contribution in [3.8, 4) is 0 Å². The Morgan fingerprint density at radius 1 is 1.38 bits per heavy atom. The van der Waals surface area contributed by atoms with E-state index in [1.54, 1.807) is 23.9 Å². The zero-order chi connectivity index (χ0) is 12.0. The van der Waals surface area contributed by atoms with Crippen LogP contribution in [0.25, 0.3) is 0 Å². The first kappa shape index (κ1) is 13.0. The molecule has 0 aliphatic carbocycles. The van der Waals surface area contributed by atoms with Gasteiger partial charge < -0.3 is 0 Å². The van der Waals surface area contributed by atoms with E-state index in [0.29, 0.717) is 17.1 Å². The number of thioether (sulfide) groups is 1. The van der Waals surface area contributed by atoms with Gasteiger partial charge in [0.15, 0.2) is 6.29 Å². The summed E-state index contributed by atoms with van der Waals surface area (Å²) in [5.41, 5.74) is 0.461. The van der Waals surface area contributed by atoms with Crippen molar-refractivity contribution in [3.63, 3.8) is 0 Å². The van der Waals surface area contributed by atoms with Crippen LogP contribution in [-0.4, -0.2) is 17.3 Å². The first-order valence-electron chi connectivity index (χ1n) is 5.43. The van der Waals surface area contributed by atoms with Crippen molar-refractivity contribution in [2.24, 2.45) is 0 Å². The molecule has 1 atom stereocenters. The Morgan fingerprint density at radius 3 is 2.50 bits per heavy atom. The van der Waals surface area contributed by atoms with Crippen molar-refractivity contribution in [3.05, 3.63) is 29.8 Å². The molecule has 0 radical (unpaired) electrons. The van der Waals surface area contributed by atoms with E-state index in [4.69, 9.17) is 0 Å². The van der Waals surface area contributed by atoms with E-state index in [0.717, 1.165) is 4.90 Å². The lowest BCUT2D eigenvalue weighted by Gasteiger charge is -2.09. The van der Waals surface area contributed by atoms with Crippen LogP contribution in [0.4, 0.5) is 0 Å². The molecule has 0 saturated heterocycles. The number of rotatable bonds is 6. The van der Waals surface area contributed by atoms with Gasteiger partial charge >= 0.3 is 0 Å². The van der Waals surface area contributed by atoms with E-state index >= 15 is 0 Å². The molecule has 0 saturated carbocycles. The third-order valence-corrected chi connectivity index (χ3v) is 3.46. The quantitative estimate of drug-likeness (QED) is 0.329. The summed E-state index contributed by atoms with van der Waals surface area (Å²) in [4.78, 5) is 22.5. The van der Waals surface area contributed by atoms with Gasteiger partial charge in [-0.3, -0.25) is 9.59 Å². The maximum absolute atomic E-state index is 11.1. The number of carbonyl (C=O) groups is 2. The van der Waals surface area contributed by atoms with Gasteiger partial charge in [0.2, 0.25) is 5.78 Å². The molecule has 0 fully saturated rings. The van der Waals surface area contributed by atoms with Crippen LogP contribution in [0, 0.1) is 0 Å². The molecule has 16 heavy (non-hydrogen) atoms. The van der Waals surface area contributed by atoms with Crippen LogP contribution in [0.1, 0.15) is 37.0 Å². The molecule has 0 spiro atoms. The Labute approximate surface area is 100 Å². The summed E-state index contributed by atoms with van der Waals surface area (Å²) >= 11 is 1.80. The number of aldehydes is 1. The van der Waals surface area contributed by atoms with Crippen LogP contribution < -0.4 is 0 Å². The zero-order valence-electron chi connectivity index (χ0n) is 9.60. The van der Waals surface area contributed by atoms with Crippen molar-refractivity contribution in [2.45, 2.75) is 36.8 Å². The number of carbonyl (C=O) groups excluding carboxylic acids is 2. The van der Waals surface area contributed by atoms with Gasteiger partial charge in [0.1, 0.15) is 0 Å². The number of hydrogen-bond acceptors (Lipinski definition) is 3. The highest BCUT2D eigenvalue weighted by Crippen LogP contribution is 2.25. The van der Waals surface area contributed by atoms with E-state index in [2.05, 4.69) is 13.8 Å². The molecule has 1 rings (SSSR count). The monoisotopic (exact) mass is 236 g/mol. The SMILES string of the molecule is CCCC(C)Sc1ccc(C(=O)C=O)cc1. The molecule has 3 heteroatoms. The molecule has 86 valence electrons. The van der Waals surface area contributed by atoms with E-state index in [1.165, 1.54) is 12.8 Å². The number of Topliss-reactive ketones (excluding diaryl/α,β-unsaturated/α-hetero) is 1. The smallest absolute Gasteiger partial charge is 0.225 e. The third-order valence-electron chi connectivity index (χ3n) is 2.28. The minimum absolute atomic E-state index is 0.349. The molecule has 2 nitrogen and oxygen atoms in total. The van der Waals surface area contributed by atoms with Crippen molar-refractivity contribution in [2.75, 3.05) is 0 Å². The standard InChI is InChI=1S/C13H16O2S/c1-3-4-10(2)16-12-7-5-11(6-8-12)13(15)9-14/h5-10H,3-4H2,1-2H3. The molecule has 0 amide bonds. The first-order chi connectivity index (χ1) is 7.67. The third kappa shape index (κ3) is 3.81. The molecule has 0 aliphatic heterocycles. The molecule has 1 aromatic carbocycles. The van der Waals surface area contributed by atoms with Gasteiger partial charge in [-0.05, 0) is 30.7 Å². The Balaban J connectivity index is 2.64. The topological polar surface area (TPSA) is 34.1 Å². The van der Waals surface area contributed by atoms with Crippen LogP contribution in [0.2, 0.25) is 0 Å². The lowest BCUT2D eigenvalue weighted by molar-refractivity contribution is -0.104. The molecule has 0 N–H and O–H groups in total. The predicted octanol–water partition coefficient (Wildman–Crippen LogP) is 3.35. The minimum atomic E-state index is -0.460. The molecule has 0 aliphatic rings. The molecular formula is C13H16O2S. The summed E-state index contributed by atoms with van der Waals surface area (Å²) in [7, 11) is 0. The summed E-state index contributed by atoms with van der Waals surface area (Å²) in [6.07, 6.45) is 2.71. The van der Waals surface area contributed by atoms with Crippen LogP contribution in [0.3, 0.4) is 0 Å². The van der Waals surface area contributed by atoms with Gasteiger partial charge in [0.25, 0.3) is 0 Å². The van der Waals surface area contributed by atoms with E-state index in [-0.39, 0.29) is 0 Å². The van der Waals surface area contributed by atoms with Crippen LogP contribution in [0.15, 0.2) is 29.2 Å². The Kier molecular flexibility index (Phi) is 5.26. The molecular weight excluding hydrogens is 220 g/mol. The normalized spacial score (nSPS) is 12.1. The molecule has 0 heterocycles. The van der Waals surface area contributed by atoms with Crippen LogP contribution in [-0.2, 0) is 4.79 Å². The van der Waals surface area contributed by atoms with Crippen molar-refractivity contribution >= 4 is 23.8 Å². The number of ketones is 1. The van der Waals surface area contributed by atoms with Crippen LogP contribution in [0.5, 0.6) is 0 Å². The van der Waals surface area contributed by atoms with Crippen molar-refractivity contribution in [1.29, 1.82) is 0 Å². The second-order valence-corrected chi connectivity index (χ2v) is 5.24. The van der Waals surface area contributed by atoms with Gasteiger partial charge in [-0.25, -0.2) is 0 Å². The highest BCUT2D eigenvalue weighted by Gasteiger charge is 2.06. The lowest BCUT2D eigenvalue weighted by Crippen LogP contribution is -1.99. The lowest BCUT2D eigenvalue weighted by atomic mass is 10.1. The summed E-state index contributed by atoms with van der Waals surface area (Å²) in [6.45, 7) is 4.36. The molecule has 0 bridgehead atoms. The first-order valence-corrected chi connectivity index (χ1v) is 6.31. The predicted molar refractivity (Wildman–Crippen MR) is 67.1 cm³/mol. The fourth-order valence-corrected chi connectivity index (χ4v) is 2.57. The summed E-state index contributed by atoms with van der Waals surface area (Å²) in [5, 5.41) is 0.581. The molecule has 1 aromatic rings. The summed E-state index contributed by atoms with van der Waals surface area (Å²) < 4.78 is 0. The van der Waals surface area contributed by atoms with Gasteiger partial charge in [-0.15, -0.1) is 11.8 Å². The number of hydrogen-bond donors (Lipinski definition) is 0. The maximum atomic E-state index is 11.1.